The molecule has 0 saturated carbocycles. The van der Waals surface area contributed by atoms with E-state index >= 15 is 0 Å². The first kappa shape index (κ1) is 11.9. The molecule has 0 nitrogen and oxygen atoms in total. The SMILES string of the molecule is Fc1cc(F)c([B-](F)(F)F)cc1C(F)F. The quantitative estimate of drug-likeness (QED) is 0.542. The monoisotopic (exact) mass is 231 g/mol. The standard InChI is InChI=1S/C7H3BF7/c9-5-2-6(10)4(8(13,14)15)1-3(5)7(11)12/h1-2,7H/q-1. The molecule has 15 heavy (non-hydrogen) atoms. The number of alkyl halides is 2. The van der Waals surface area contributed by atoms with Crippen LogP contribution in [0.25, 0.3) is 0 Å². The fourth-order valence-corrected chi connectivity index (χ4v) is 1.00. The Balaban J connectivity index is 3.37. The average molecular weight is 231 g/mol. The van der Waals surface area contributed by atoms with Gasteiger partial charge in [-0.05, 0) is 0 Å². The summed E-state index contributed by atoms with van der Waals surface area (Å²) in [6.07, 6.45) is -3.41. The Morgan fingerprint density at radius 1 is 0.933 bits per heavy atom. The van der Waals surface area contributed by atoms with Crippen molar-refractivity contribution in [1.29, 1.82) is 0 Å². The Bertz CT molecular complexity index is 370. The predicted octanol–water partition coefficient (Wildman–Crippen LogP) is 2.96. The number of rotatable bonds is 2. The van der Waals surface area contributed by atoms with Gasteiger partial charge in [-0.2, -0.15) is 0 Å². The first-order valence-corrected chi connectivity index (χ1v) is 3.70. The lowest BCUT2D eigenvalue weighted by molar-refractivity contribution is 0.146. The van der Waals surface area contributed by atoms with Gasteiger partial charge in [0.1, 0.15) is 5.82 Å². The van der Waals surface area contributed by atoms with Gasteiger partial charge in [-0.25, -0.2) is 17.6 Å². The Morgan fingerprint density at radius 3 is 1.87 bits per heavy atom. The zero-order valence-corrected chi connectivity index (χ0v) is 6.96. The van der Waals surface area contributed by atoms with Gasteiger partial charge in [0.15, 0.2) is 0 Å². The van der Waals surface area contributed by atoms with Crippen LogP contribution in [0.3, 0.4) is 0 Å². The summed E-state index contributed by atoms with van der Waals surface area (Å²) in [5, 5.41) is 0. The maximum atomic E-state index is 12.6. The van der Waals surface area contributed by atoms with Gasteiger partial charge in [-0.1, -0.05) is 11.5 Å². The fourth-order valence-electron chi connectivity index (χ4n) is 1.00. The zero-order valence-electron chi connectivity index (χ0n) is 6.96. The molecule has 0 saturated heterocycles. The molecule has 0 aromatic heterocycles. The molecule has 0 aliphatic rings. The molecule has 0 atom stereocenters. The van der Waals surface area contributed by atoms with E-state index in [2.05, 4.69) is 0 Å². The number of benzene rings is 1. The lowest BCUT2D eigenvalue weighted by atomic mass is 9.79. The van der Waals surface area contributed by atoms with Crippen molar-refractivity contribution in [2.45, 2.75) is 6.43 Å². The minimum Gasteiger partial charge on any atom is -0.445 e. The molecule has 84 valence electrons. The van der Waals surface area contributed by atoms with Crippen molar-refractivity contribution in [1.82, 2.24) is 0 Å². The molecule has 0 amide bonds. The first-order chi connectivity index (χ1) is 6.73. The van der Waals surface area contributed by atoms with Crippen molar-refractivity contribution < 1.29 is 30.5 Å². The van der Waals surface area contributed by atoms with Gasteiger partial charge in [0.2, 0.25) is 0 Å². The third-order valence-corrected chi connectivity index (χ3v) is 1.70. The van der Waals surface area contributed by atoms with Crippen LogP contribution in [0.15, 0.2) is 12.1 Å². The van der Waals surface area contributed by atoms with E-state index in [4.69, 9.17) is 0 Å². The molecule has 1 rings (SSSR count). The molecule has 0 N–H and O–H groups in total. The average Bonchev–Trinajstić information content (AvgIpc) is 2.00. The van der Waals surface area contributed by atoms with Crippen molar-refractivity contribution in [2.24, 2.45) is 0 Å². The summed E-state index contributed by atoms with van der Waals surface area (Å²) in [5.41, 5.74) is -3.29. The molecular weight excluding hydrogens is 228 g/mol. The highest BCUT2D eigenvalue weighted by Crippen LogP contribution is 2.23. The highest BCUT2D eigenvalue weighted by Gasteiger charge is 2.31. The zero-order chi connectivity index (χ0) is 11.8. The summed E-state index contributed by atoms with van der Waals surface area (Å²) in [6.45, 7) is -5.77. The number of hydrogen-bond acceptors (Lipinski definition) is 0. The Kier molecular flexibility index (Phi) is 2.96. The van der Waals surface area contributed by atoms with Gasteiger partial charge >= 0.3 is 6.98 Å². The third-order valence-electron chi connectivity index (χ3n) is 1.70. The van der Waals surface area contributed by atoms with E-state index in [-0.39, 0.29) is 12.1 Å². The highest BCUT2D eigenvalue weighted by molar-refractivity contribution is 6.73. The van der Waals surface area contributed by atoms with Gasteiger partial charge in [0, 0.05) is 6.07 Å². The fraction of sp³-hybridized carbons (Fsp3) is 0.143. The van der Waals surface area contributed by atoms with Crippen LogP contribution in [-0.2, 0) is 0 Å². The molecule has 8 heteroatoms. The predicted molar refractivity (Wildman–Crippen MR) is 40.0 cm³/mol. The van der Waals surface area contributed by atoms with Crippen LogP contribution in [0.2, 0.25) is 0 Å². The third kappa shape index (κ3) is 2.43. The number of halogens is 7. The lowest BCUT2D eigenvalue weighted by Crippen LogP contribution is -2.37. The Morgan fingerprint density at radius 2 is 1.47 bits per heavy atom. The second kappa shape index (κ2) is 3.75. The highest BCUT2D eigenvalue weighted by atomic mass is 19.4. The van der Waals surface area contributed by atoms with E-state index in [9.17, 15) is 30.5 Å². The van der Waals surface area contributed by atoms with Crippen LogP contribution in [0.5, 0.6) is 0 Å². The molecule has 0 heterocycles. The summed E-state index contributed by atoms with van der Waals surface area (Å²) < 4.78 is 85.4. The molecule has 0 bridgehead atoms. The van der Waals surface area contributed by atoms with E-state index < -0.39 is 36.1 Å². The van der Waals surface area contributed by atoms with Crippen LogP contribution in [0.4, 0.5) is 30.5 Å². The Labute approximate surface area is 79.8 Å². The van der Waals surface area contributed by atoms with Gasteiger partial charge in [-0.3, -0.25) is 0 Å². The van der Waals surface area contributed by atoms with E-state index in [0.717, 1.165) is 0 Å². The molecule has 1 aromatic carbocycles. The Hall–Kier alpha value is -1.21. The van der Waals surface area contributed by atoms with Crippen LogP contribution < -0.4 is 5.46 Å². The van der Waals surface area contributed by atoms with E-state index in [1.54, 1.807) is 0 Å². The van der Waals surface area contributed by atoms with Gasteiger partial charge in [0.25, 0.3) is 6.43 Å². The van der Waals surface area contributed by atoms with E-state index in [1.165, 1.54) is 0 Å². The minimum atomic E-state index is -5.77. The van der Waals surface area contributed by atoms with Crippen LogP contribution in [0.1, 0.15) is 12.0 Å². The molecule has 0 unspecified atom stereocenters. The van der Waals surface area contributed by atoms with Crippen molar-refractivity contribution >= 4 is 12.4 Å². The first-order valence-electron chi connectivity index (χ1n) is 3.70. The molecule has 0 aliphatic carbocycles. The molecule has 0 fully saturated rings. The summed E-state index contributed by atoms with van der Waals surface area (Å²) in [6, 6.07) is -0.387. The van der Waals surface area contributed by atoms with Crippen LogP contribution in [-0.4, -0.2) is 6.98 Å². The summed E-state index contributed by atoms with van der Waals surface area (Å²) in [7, 11) is 0. The van der Waals surface area contributed by atoms with Crippen molar-refractivity contribution in [3.63, 3.8) is 0 Å². The van der Waals surface area contributed by atoms with Crippen LogP contribution >= 0.6 is 0 Å². The number of hydrogen-bond donors (Lipinski definition) is 0. The molecule has 1 aromatic rings. The summed E-state index contributed by atoms with van der Waals surface area (Å²) >= 11 is 0. The van der Waals surface area contributed by atoms with Crippen molar-refractivity contribution in [3.05, 3.63) is 29.3 Å². The molecule has 0 aliphatic heterocycles. The van der Waals surface area contributed by atoms with Gasteiger partial charge in [0.05, 0.1) is 11.4 Å². The largest absolute Gasteiger partial charge is 0.512 e. The van der Waals surface area contributed by atoms with Gasteiger partial charge < -0.3 is 12.9 Å². The maximum Gasteiger partial charge on any atom is 0.512 e. The molecule has 0 radical (unpaired) electrons. The van der Waals surface area contributed by atoms with Crippen molar-refractivity contribution in [2.75, 3.05) is 0 Å². The second-order valence-corrected chi connectivity index (χ2v) is 2.77. The lowest BCUT2D eigenvalue weighted by Gasteiger charge is -2.17. The molecule has 0 spiro atoms. The minimum absolute atomic E-state index is 0.188. The van der Waals surface area contributed by atoms with Crippen LogP contribution in [0, 0.1) is 11.6 Å². The normalized spacial score (nSPS) is 12.3. The second-order valence-electron chi connectivity index (χ2n) is 2.77. The smallest absolute Gasteiger partial charge is 0.445 e. The van der Waals surface area contributed by atoms with Crippen molar-refractivity contribution in [3.8, 4) is 0 Å². The maximum absolute atomic E-state index is 12.6. The summed E-state index contributed by atoms with van der Waals surface area (Å²) in [4.78, 5) is 0. The van der Waals surface area contributed by atoms with E-state index in [0.29, 0.717) is 0 Å². The van der Waals surface area contributed by atoms with E-state index in [1.807, 2.05) is 0 Å². The summed E-state index contributed by atoms with van der Waals surface area (Å²) in [5.74, 6) is -3.57. The topological polar surface area (TPSA) is 0 Å². The molecular formula is C7H3BF7-. The van der Waals surface area contributed by atoms with Gasteiger partial charge in [-0.15, -0.1) is 0 Å².